The highest BCUT2D eigenvalue weighted by atomic mass is 16.7. The van der Waals surface area contributed by atoms with E-state index in [1.807, 2.05) is 0 Å². The number of hydrogen-bond acceptors (Lipinski definition) is 15. The fourth-order valence-electron chi connectivity index (χ4n) is 8.24. The van der Waals surface area contributed by atoms with Gasteiger partial charge in [-0.15, -0.1) is 0 Å². The van der Waals surface area contributed by atoms with Gasteiger partial charge in [0.05, 0.1) is 44.1 Å². The Labute approximate surface area is 361 Å². The minimum atomic E-state index is -1.22. The normalized spacial score (nSPS) is 30.9. The molecule has 354 valence electrons. The van der Waals surface area contributed by atoms with Crippen LogP contribution in [-0.2, 0) is 38.1 Å². The summed E-state index contributed by atoms with van der Waals surface area (Å²) in [6, 6.07) is -0.787. The third-order valence-electron chi connectivity index (χ3n) is 12.2. The van der Waals surface area contributed by atoms with Crippen LogP contribution in [0.3, 0.4) is 0 Å². The van der Waals surface area contributed by atoms with Crippen LogP contribution >= 0.6 is 0 Å². The Hall–Kier alpha value is -2.36. The maximum Gasteiger partial charge on any atom is 0.222 e. The van der Waals surface area contributed by atoms with Crippen molar-refractivity contribution in [3.05, 3.63) is 0 Å². The number of hydrogen-bond donors (Lipinski definition) is 9. The average Bonchev–Trinajstić information content (AvgIpc) is 3.64. The van der Waals surface area contributed by atoms with Gasteiger partial charge in [0.1, 0.15) is 24.4 Å². The third kappa shape index (κ3) is 17.6. The Morgan fingerprint density at radius 3 is 1.70 bits per heavy atom. The van der Waals surface area contributed by atoms with Gasteiger partial charge in [0.25, 0.3) is 0 Å². The number of Topliss-reactive ketones (excluding diaryl/α,β-unsaturated/α-hetero) is 1. The van der Waals surface area contributed by atoms with Crippen molar-refractivity contribution in [3.63, 3.8) is 0 Å². The molecule has 0 aliphatic carbocycles. The Morgan fingerprint density at radius 2 is 1.16 bits per heavy atom. The first kappa shape index (κ1) is 53.0. The van der Waals surface area contributed by atoms with Crippen molar-refractivity contribution in [1.82, 2.24) is 15.5 Å². The summed E-state index contributed by atoms with van der Waals surface area (Å²) in [6.45, 7) is 6.10. The zero-order valence-electron chi connectivity index (χ0n) is 36.6. The van der Waals surface area contributed by atoms with Crippen LogP contribution in [0.1, 0.15) is 124 Å². The lowest BCUT2D eigenvalue weighted by atomic mass is 9.92. The van der Waals surface area contributed by atoms with Gasteiger partial charge >= 0.3 is 0 Å². The number of aliphatic hydroxyl groups is 7. The second-order valence-corrected chi connectivity index (χ2v) is 17.4. The molecule has 0 bridgehead atoms. The van der Waals surface area contributed by atoms with Crippen molar-refractivity contribution in [2.24, 2.45) is 17.8 Å². The molecule has 0 radical (unpaired) electrons. The second-order valence-electron chi connectivity index (χ2n) is 17.4. The van der Waals surface area contributed by atoms with E-state index >= 15 is 0 Å². The number of amides is 3. The number of carbonyl (C=O) groups is 4. The van der Waals surface area contributed by atoms with E-state index in [0.29, 0.717) is 83.2 Å². The summed E-state index contributed by atoms with van der Waals surface area (Å²) in [5.41, 5.74) is 0. The second kappa shape index (κ2) is 28.4. The molecular formula is C43H77N3O15. The first-order chi connectivity index (χ1) is 29.2. The summed E-state index contributed by atoms with van der Waals surface area (Å²) < 4.78 is 22.6. The molecule has 3 rings (SSSR count). The van der Waals surface area contributed by atoms with Gasteiger partial charge in [0.15, 0.2) is 18.4 Å². The number of ether oxygens (including phenoxy) is 4. The molecule has 13 atom stereocenters. The maximum absolute atomic E-state index is 13.4. The minimum absolute atomic E-state index is 0.0253. The molecule has 3 aliphatic rings. The molecule has 0 aromatic rings. The van der Waals surface area contributed by atoms with E-state index in [9.17, 15) is 54.9 Å². The molecule has 18 nitrogen and oxygen atoms in total. The number of nitrogens with zero attached hydrogens (tertiary/aromatic N) is 1. The van der Waals surface area contributed by atoms with Gasteiger partial charge in [-0.2, -0.15) is 0 Å². The standard InChI is InChI=1S/C43H77N3O15/c1-27-22-30(24-47)46(23-27)37(53)18-7-5-4-6-15-32(50)31(45-36(52)17-10-13-21-59-43-29(3)39(55)41(57)34(26-49)61-43)14-8-11-19-44-35(51)16-9-12-20-58-42-28(2)38(54)40(56)33(25-48)60-42/h27-31,33-34,38-43,47-49,54-57H,4-26H2,1-3H3,(H,44,51)(H,45,52)/t27-,28?,29?,30+,31-,33?,34?,38?,39?,40?,41?,42?,43?/m1/s1. The van der Waals surface area contributed by atoms with Crippen molar-refractivity contribution in [1.29, 1.82) is 0 Å². The number of unbranched alkanes of at least 4 members (excludes halogenated alkanes) is 6. The molecule has 3 heterocycles. The third-order valence-corrected chi connectivity index (χ3v) is 12.2. The highest BCUT2D eigenvalue weighted by Crippen LogP contribution is 2.28. The van der Waals surface area contributed by atoms with Gasteiger partial charge in [-0.25, -0.2) is 0 Å². The monoisotopic (exact) mass is 876 g/mol. The molecule has 3 fully saturated rings. The highest BCUT2D eigenvalue weighted by molar-refractivity contribution is 5.89. The van der Waals surface area contributed by atoms with Crippen molar-refractivity contribution in [2.45, 2.75) is 185 Å². The average molecular weight is 876 g/mol. The number of ketones is 1. The summed E-state index contributed by atoms with van der Waals surface area (Å²) >= 11 is 0. The Kier molecular flexibility index (Phi) is 24.7. The molecule has 3 aliphatic heterocycles. The lowest BCUT2D eigenvalue weighted by Crippen LogP contribution is -2.55. The zero-order chi connectivity index (χ0) is 44.9. The maximum atomic E-state index is 13.4. The van der Waals surface area contributed by atoms with Crippen LogP contribution in [0.5, 0.6) is 0 Å². The predicted molar refractivity (Wildman–Crippen MR) is 221 cm³/mol. The molecule has 0 aromatic carbocycles. The van der Waals surface area contributed by atoms with Crippen LogP contribution in [0.4, 0.5) is 0 Å². The highest BCUT2D eigenvalue weighted by Gasteiger charge is 2.43. The minimum Gasteiger partial charge on any atom is -0.394 e. The molecular weight excluding hydrogens is 798 g/mol. The Morgan fingerprint density at radius 1 is 0.639 bits per heavy atom. The first-order valence-electron chi connectivity index (χ1n) is 22.7. The van der Waals surface area contributed by atoms with E-state index in [0.717, 1.165) is 19.3 Å². The molecule has 0 spiro atoms. The van der Waals surface area contributed by atoms with Crippen LogP contribution in [0.2, 0.25) is 0 Å². The van der Waals surface area contributed by atoms with Gasteiger partial charge in [-0.05, 0) is 70.1 Å². The van der Waals surface area contributed by atoms with Gasteiger partial charge in [-0.1, -0.05) is 33.6 Å². The van der Waals surface area contributed by atoms with E-state index in [2.05, 4.69) is 17.6 Å². The summed E-state index contributed by atoms with van der Waals surface area (Å²) in [5.74, 6) is -1.03. The Bertz CT molecular complexity index is 1290. The molecule has 0 aromatic heterocycles. The molecule has 10 unspecified atom stereocenters. The SMILES string of the molecule is CC1C(OCCCCC(=O)NCCCC[C@@H](NC(=O)CCCCOC2OC(CO)C(O)C(O)C2C)C(=O)CCCCCCC(=O)N2C[C@H](C)C[C@H]2CO)OC(CO)C(O)C1O. The van der Waals surface area contributed by atoms with E-state index in [4.69, 9.17) is 18.9 Å². The van der Waals surface area contributed by atoms with Crippen LogP contribution in [0.25, 0.3) is 0 Å². The van der Waals surface area contributed by atoms with Crippen molar-refractivity contribution < 1.29 is 73.9 Å². The smallest absolute Gasteiger partial charge is 0.222 e. The topological polar surface area (TPSA) is 274 Å². The quantitative estimate of drug-likeness (QED) is 0.0461. The van der Waals surface area contributed by atoms with E-state index in [1.54, 1.807) is 18.7 Å². The predicted octanol–water partition coefficient (Wildman–Crippen LogP) is 0.421. The number of carbonyl (C=O) groups excluding carboxylic acids is 4. The molecule has 3 amide bonds. The summed E-state index contributed by atoms with van der Waals surface area (Å²) in [7, 11) is 0. The fraction of sp³-hybridized carbons (Fsp3) is 0.907. The number of rotatable bonds is 29. The molecule has 0 saturated carbocycles. The zero-order valence-corrected chi connectivity index (χ0v) is 36.6. The number of nitrogens with one attached hydrogen (secondary N) is 2. The lowest BCUT2D eigenvalue weighted by molar-refractivity contribution is -0.282. The molecule has 9 N–H and O–H groups in total. The molecule has 61 heavy (non-hydrogen) atoms. The van der Waals surface area contributed by atoms with Gasteiger partial charge in [-0.3, -0.25) is 19.2 Å². The van der Waals surface area contributed by atoms with E-state index in [1.165, 1.54) is 0 Å². The van der Waals surface area contributed by atoms with Crippen molar-refractivity contribution in [2.75, 3.05) is 46.1 Å². The Balaban J connectivity index is 1.36. The van der Waals surface area contributed by atoms with Crippen LogP contribution in [0, 0.1) is 17.8 Å². The van der Waals surface area contributed by atoms with Gasteiger partial charge in [0, 0.05) is 63.8 Å². The van der Waals surface area contributed by atoms with E-state index < -0.39 is 80.3 Å². The van der Waals surface area contributed by atoms with Crippen LogP contribution < -0.4 is 10.6 Å². The summed E-state index contributed by atoms with van der Waals surface area (Å²) in [6.07, 6.45) is 0.452. The summed E-state index contributed by atoms with van der Waals surface area (Å²) in [4.78, 5) is 53.4. The van der Waals surface area contributed by atoms with Crippen LogP contribution in [-0.4, -0.2) is 172 Å². The molecule has 18 heteroatoms. The molecule has 3 saturated heterocycles. The first-order valence-corrected chi connectivity index (χ1v) is 22.7. The van der Waals surface area contributed by atoms with Gasteiger partial charge < -0.3 is 70.2 Å². The van der Waals surface area contributed by atoms with Crippen LogP contribution in [0.15, 0.2) is 0 Å². The summed E-state index contributed by atoms with van der Waals surface area (Å²) in [5, 5.41) is 74.8. The number of likely N-dealkylation sites (tertiary alicyclic amines) is 1. The van der Waals surface area contributed by atoms with Crippen molar-refractivity contribution >= 4 is 23.5 Å². The largest absolute Gasteiger partial charge is 0.394 e. The fourth-order valence-corrected chi connectivity index (χ4v) is 8.24. The van der Waals surface area contributed by atoms with Crippen molar-refractivity contribution in [3.8, 4) is 0 Å². The number of aliphatic hydroxyl groups excluding tert-OH is 7. The van der Waals surface area contributed by atoms with E-state index in [-0.39, 0.29) is 68.6 Å². The lowest BCUT2D eigenvalue weighted by Gasteiger charge is -2.40. The van der Waals surface area contributed by atoms with Gasteiger partial charge in [0.2, 0.25) is 17.7 Å².